The molecule has 0 aliphatic rings. The summed E-state index contributed by atoms with van der Waals surface area (Å²) >= 11 is 16.5. The molecule has 2 nitrogen and oxygen atoms in total. The highest BCUT2D eigenvalue weighted by Gasteiger charge is 2.17. The fourth-order valence-corrected chi connectivity index (χ4v) is 273. The zero-order chi connectivity index (χ0) is 93.9. The molecule has 2 aromatic heterocycles. The molecule has 0 amide bonds. The van der Waals surface area contributed by atoms with Crippen molar-refractivity contribution in [2.45, 2.75) is 0 Å². The summed E-state index contributed by atoms with van der Waals surface area (Å²) < 4.78 is 8.45. The predicted octanol–water partition coefficient (Wildman–Crippen LogP) is 8.76. The number of furan rings is 1. The van der Waals surface area contributed by atoms with Crippen molar-refractivity contribution < 1.29 is 4.42 Å². The summed E-state index contributed by atoms with van der Waals surface area (Å²) in [6, 6.07) is 37.9. The van der Waals surface area contributed by atoms with Crippen molar-refractivity contribution in [3.63, 3.8) is 0 Å². The lowest BCUT2D eigenvalue weighted by atomic mass is 10.0. The molecule has 0 unspecified atom stereocenters. The van der Waals surface area contributed by atoms with Gasteiger partial charge in [-0.15, -0.1) is 0 Å². The van der Waals surface area contributed by atoms with E-state index in [0.29, 0.717) is 5.02 Å². The maximum absolute atomic E-state index is 6.83. The third-order valence-corrected chi connectivity index (χ3v) is 227. The van der Waals surface area contributed by atoms with Crippen LogP contribution in [0.4, 0.5) is 0 Å². The fraction of sp³-hybridized carbons (Fsp3) is 0. The van der Waals surface area contributed by atoms with E-state index in [1.807, 2.05) is 785 Å². The van der Waals surface area contributed by atoms with Crippen molar-refractivity contribution >= 4 is 957 Å². The summed E-state index contributed by atoms with van der Waals surface area (Å²) in [5.74, 6) is 0. The lowest BCUT2D eigenvalue weighted by Crippen LogP contribution is -1.94. The molecular formula is C30H18ClNOS101. The second-order valence-electron chi connectivity index (χ2n) is 15.1. The Morgan fingerprint density at radius 3 is 0.612 bits per heavy atom. The van der Waals surface area contributed by atoms with Crippen LogP contribution in [0.15, 0.2) is 114 Å². The molecule has 0 fully saturated rings. The Hall–Kier alpha value is 18.2. The third-order valence-electron chi connectivity index (χ3n) is 9.18. The average molecular weight is 3680 g/mol. The molecule has 134 heavy (non-hydrogen) atoms. The molecule has 0 bridgehead atoms. The van der Waals surface area contributed by atoms with Crippen LogP contribution < -0.4 is 0 Å². The molecule has 762 valence electrons. The van der Waals surface area contributed by atoms with Gasteiger partial charge in [-0.3, -0.25) is 0 Å². The molecule has 104 heteroatoms. The van der Waals surface area contributed by atoms with Gasteiger partial charge in [0.15, 0.2) is 0 Å². The number of halogens is 1. The van der Waals surface area contributed by atoms with Crippen LogP contribution in [0.3, 0.4) is 0 Å². The van der Waals surface area contributed by atoms with Crippen LogP contribution in [0.5, 0.6) is 0 Å². The van der Waals surface area contributed by atoms with E-state index in [0.717, 1.165) is 38.7 Å². The highest BCUT2D eigenvalue weighted by atomic mass is 35.5. The summed E-state index contributed by atoms with van der Waals surface area (Å²) in [4.78, 5) is 0. The second-order valence-corrected chi connectivity index (χ2v) is 191. The van der Waals surface area contributed by atoms with Crippen molar-refractivity contribution in [2.24, 2.45) is 0 Å². The summed E-state index contributed by atoms with van der Waals surface area (Å²) in [6.07, 6.45) is 0. The molecule has 0 saturated heterocycles. The van der Waals surface area contributed by atoms with E-state index in [9.17, 15) is 0 Å². The van der Waals surface area contributed by atoms with Crippen LogP contribution in [0.25, 0.3) is 60.6 Å². The second kappa shape index (κ2) is 111. The van der Waals surface area contributed by atoms with E-state index in [-0.39, 0.29) is 0 Å². The Bertz CT molecular complexity index is 10500. The van der Waals surface area contributed by atoms with Gasteiger partial charge in [0.25, 0.3) is 0 Å². The number of fused-ring (bicyclic) bond motifs is 6. The van der Waals surface area contributed by atoms with E-state index >= 15 is 0 Å². The first-order chi connectivity index (χ1) is 66.7. The number of hydrogen-bond donors (Lipinski definition) is 0. The minimum Gasteiger partial charge on any atom is -0.456 e. The third kappa shape index (κ3) is 81.0. The van der Waals surface area contributed by atoms with Crippen molar-refractivity contribution in [1.29, 1.82) is 0 Å². The first kappa shape index (κ1) is 141. The number of para-hydroxylation sites is 2. The number of hydrogen-bond acceptors (Lipinski definition) is 3. The molecule has 0 aliphatic heterocycles. The molecule has 0 saturated carbocycles. The molecule has 0 spiro atoms. The SMILES string of the molecule is Clc1cc(-n2c3ccccc3c3cc(-c4ccccc4)ccc32)cc2oc3ccccc3c12.S=S=S=S=S=S=S=S=S=S=S=S=S=S=S=S=S=S=S=S=S=S=S=S=S=S=S=S=S=S=S=S=S=S=S=S=S=S=S=S=S=S=S=S=S=S=S=S=S=S=S=S=S=S=S=S=S=S=S=S=S=S=S=S=S=S=S=S=S=S=S=S=S=S=S=S=S=S=S=S=S=S=S=S=S=S=S=S=S=S=S=S=S=S=S=S=S=S=S=S=S. The Kier molecular flexibility index (Phi) is 117. The quantitative estimate of drug-likeness (QED) is 0.173. The molecule has 7 aromatic rings. The minimum atomic E-state index is 0.694. The van der Waals surface area contributed by atoms with Crippen LogP contribution in [0, 0.1) is 0 Å². The van der Waals surface area contributed by atoms with Crippen molar-refractivity contribution in [1.82, 2.24) is 4.57 Å². The Morgan fingerprint density at radius 2 is 0.373 bits per heavy atom. The van der Waals surface area contributed by atoms with Gasteiger partial charge in [0.2, 0.25) is 0 Å². The van der Waals surface area contributed by atoms with Gasteiger partial charge in [0, 0.05) is 929 Å². The van der Waals surface area contributed by atoms with Crippen LogP contribution in [-0.4, -0.2) is 4.57 Å². The zero-order valence-corrected chi connectivity index (χ0v) is 142. The topological polar surface area (TPSA) is 18.1 Å². The smallest absolute Gasteiger partial charge is 0.139 e. The predicted molar refractivity (Wildman–Crippen MR) is 882 cm³/mol. The molecule has 7 rings (SSSR count). The van der Waals surface area contributed by atoms with Crippen LogP contribution in [0.1, 0.15) is 0 Å². The van der Waals surface area contributed by atoms with Crippen molar-refractivity contribution in [2.75, 3.05) is 0 Å². The summed E-state index contributed by atoms with van der Waals surface area (Å²) in [7, 11) is 179. The average Bonchev–Trinajstić information content (AvgIpc) is 1.58. The van der Waals surface area contributed by atoms with Gasteiger partial charge in [-0.2, -0.15) is 0 Å². The number of nitrogens with zero attached hydrogens (tertiary/aromatic N) is 1. The Balaban J connectivity index is 0.000000678. The Labute approximate surface area is 1070 Å². The van der Waals surface area contributed by atoms with E-state index < -0.39 is 0 Å². The van der Waals surface area contributed by atoms with Gasteiger partial charge in [0.05, 0.1) is 21.7 Å². The van der Waals surface area contributed by atoms with E-state index in [2.05, 4.69) is 83.4 Å². The summed E-state index contributed by atoms with van der Waals surface area (Å²) in [5.41, 5.74) is 7.34. The monoisotopic (exact) mass is 3670 g/mol. The zero-order valence-electron chi connectivity index (χ0n) is 58.9. The molecule has 0 atom stereocenters. The number of aromatic nitrogens is 1. The van der Waals surface area contributed by atoms with Gasteiger partial charge < -0.3 is 8.98 Å². The first-order valence-corrected chi connectivity index (χ1v) is 161. The number of rotatable bonds is 2. The minimum absolute atomic E-state index is 0.694. The van der Waals surface area contributed by atoms with Gasteiger partial charge in [-0.25, -0.2) is 0 Å². The molecule has 2 heterocycles. The van der Waals surface area contributed by atoms with E-state index in [1.54, 1.807) is 107 Å². The Morgan fingerprint density at radius 1 is 0.172 bits per heavy atom. The van der Waals surface area contributed by atoms with Gasteiger partial charge in [0.1, 0.15) is 11.2 Å². The standard InChI is InChI=1S/C30H18ClNO.S101/c31-25-17-21(18-29-30(25)23-11-5-7-13-28(23)33-29)32-26-12-6-4-10-22(26)24-16-20(14-15-27(24)32)19-8-2-1-3-9-19;1-3-5-7-9-11-13-15-17-19-21-23-25-27-29-31-33-35-37-39-41-43-45-47-49-51-53-55-57-59-61-63-65-67-69-71-73-75-77-79-81-83-85-87-89-91-93-95-97-99-101-100-98-96-94-92-90-88-86-84-82-80-78-76-74-72-70-68-66-64-62-60-58-56-54-52-50-48-46-44-42-40-38-36-34-32-30-28-26-24-22-20-18-16-14-12-10-8-6-4-2/h1-18H;. The maximum Gasteiger partial charge on any atom is 0.139 e. The van der Waals surface area contributed by atoms with Crippen LogP contribution >= 0.6 is 11.6 Å². The van der Waals surface area contributed by atoms with Crippen molar-refractivity contribution in [3.8, 4) is 16.8 Å². The lowest BCUT2D eigenvalue weighted by Gasteiger charge is -2.09. The molecular weight excluding hydrogens is 3660 g/mol. The summed E-state index contributed by atoms with van der Waals surface area (Å²) in [6.45, 7) is 0. The normalized spacial score (nSPS) is 8.84. The molecule has 5 aromatic carbocycles. The summed E-state index contributed by atoms with van der Waals surface area (Å²) in [5, 5.41) is 5.13. The van der Waals surface area contributed by atoms with Crippen LogP contribution in [-0.2, 0) is 902 Å². The maximum atomic E-state index is 6.83. The molecule has 0 radical (unpaired) electrons. The van der Waals surface area contributed by atoms with E-state index in [1.165, 1.54) is 39.7 Å². The highest BCUT2D eigenvalue weighted by Crippen LogP contribution is 2.39. The lowest BCUT2D eigenvalue weighted by molar-refractivity contribution is 0.668. The van der Waals surface area contributed by atoms with E-state index in [4.69, 9.17) is 38.4 Å². The highest BCUT2D eigenvalue weighted by molar-refractivity contribution is 8.87. The largest absolute Gasteiger partial charge is 0.456 e. The number of benzene rings is 5. The molecule has 0 aliphatic carbocycles. The first-order valence-electron chi connectivity index (χ1n) is 27.6. The van der Waals surface area contributed by atoms with Crippen LogP contribution in [0.2, 0.25) is 5.02 Å². The van der Waals surface area contributed by atoms with Gasteiger partial charge in [-0.05, 0) is 41.5 Å². The van der Waals surface area contributed by atoms with Crippen molar-refractivity contribution in [3.05, 3.63) is 114 Å². The fourth-order valence-electron chi connectivity index (χ4n) is 6.08. The van der Waals surface area contributed by atoms with Gasteiger partial charge >= 0.3 is 0 Å². The molecule has 0 N–H and O–H groups in total. The van der Waals surface area contributed by atoms with Gasteiger partial charge in [-0.1, -0.05) is 84.4 Å².